The molecule has 8 nitrogen and oxygen atoms in total. The van der Waals surface area contributed by atoms with Crippen LogP contribution in [-0.2, 0) is 14.3 Å². The highest BCUT2D eigenvalue weighted by Gasteiger charge is 2.32. The van der Waals surface area contributed by atoms with Crippen molar-refractivity contribution in [2.24, 2.45) is 0 Å². The maximum absolute atomic E-state index is 12.9. The highest BCUT2D eigenvalue weighted by atomic mass is 32.2. The lowest BCUT2D eigenvalue weighted by atomic mass is 10.1. The fraction of sp³-hybridized carbons (Fsp3) is 0.450. The molecule has 2 heterocycles. The SMILES string of the molecule is COc1cc(/C=C2\SC(=S)N(CCC(=O)N3CCOCC3)C2=O)cc(OC)c1OC. The molecule has 2 saturated heterocycles. The summed E-state index contributed by atoms with van der Waals surface area (Å²) in [5.41, 5.74) is 0.717. The number of nitrogens with zero attached hydrogens (tertiary/aromatic N) is 2. The molecule has 0 bridgehead atoms. The Bertz CT molecular complexity index is 842. The molecule has 0 saturated carbocycles. The molecule has 10 heteroatoms. The maximum Gasteiger partial charge on any atom is 0.266 e. The summed E-state index contributed by atoms with van der Waals surface area (Å²) in [5.74, 6) is 1.25. The van der Waals surface area contributed by atoms with Crippen LogP contribution in [0.3, 0.4) is 0 Å². The number of ether oxygens (including phenoxy) is 4. The van der Waals surface area contributed by atoms with E-state index in [1.807, 2.05) is 0 Å². The first-order valence-corrected chi connectivity index (χ1v) is 10.6. The first-order valence-electron chi connectivity index (χ1n) is 9.39. The smallest absolute Gasteiger partial charge is 0.266 e. The zero-order valence-electron chi connectivity index (χ0n) is 17.1. The molecule has 2 aliphatic rings. The number of benzene rings is 1. The molecule has 1 aromatic rings. The van der Waals surface area contributed by atoms with E-state index in [9.17, 15) is 9.59 Å². The molecule has 2 fully saturated rings. The van der Waals surface area contributed by atoms with Gasteiger partial charge in [-0.05, 0) is 23.8 Å². The maximum atomic E-state index is 12.9. The summed E-state index contributed by atoms with van der Waals surface area (Å²) < 4.78 is 21.8. The van der Waals surface area contributed by atoms with Gasteiger partial charge in [0.1, 0.15) is 4.32 Å². The molecular weight excluding hydrogens is 428 g/mol. The fourth-order valence-corrected chi connectivity index (χ4v) is 4.52. The Kier molecular flexibility index (Phi) is 7.57. The summed E-state index contributed by atoms with van der Waals surface area (Å²) in [7, 11) is 4.60. The van der Waals surface area contributed by atoms with Gasteiger partial charge >= 0.3 is 0 Å². The van der Waals surface area contributed by atoms with Gasteiger partial charge in [0.25, 0.3) is 5.91 Å². The van der Waals surface area contributed by atoms with Crippen LogP contribution < -0.4 is 14.2 Å². The number of rotatable bonds is 7. The molecule has 2 amide bonds. The number of carbonyl (C=O) groups excluding carboxylic acids is 2. The Hall–Kier alpha value is -2.30. The van der Waals surface area contributed by atoms with Crippen LogP contribution in [0.25, 0.3) is 6.08 Å². The van der Waals surface area contributed by atoms with Gasteiger partial charge in [-0.25, -0.2) is 0 Å². The molecule has 0 aliphatic carbocycles. The zero-order valence-corrected chi connectivity index (χ0v) is 18.8. The van der Waals surface area contributed by atoms with Gasteiger partial charge in [-0.1, -0.05) is 24.0 Å². The largest absolute Gasteiger partial charge is 0.493 e. The van der Waals surface area contributed by atoms with Crippen molar-refractivity contribution in [1.29, 1.82) is 0 Å². The summed E-state index contributed by atoms with van der Waals surface area (Å²) >= 11 is 6.58. The number of methoxy groups -OCH3 is 3. The van der Waals surface area contributed by atoms with E-state index >= 15 is 0 Å². The number of hydrogen-bond acceptors (Lipinski definition) is 8. The molecule has 0 radical (unpaired) electrons. The van der Waals surface area contributed by atoms with Gasteiger partial charge in [0.15, 0.2) is 11.5 Å². The minimum absolute atomic E-state index is 0.000886. The van der Waals surface area contributed by atoms with E-state index in [-0.39, 0.29) is 24.8 Å². The molecule has 2 aliphatic heterocycles. The van der Waals surface area contributed by atoms with Gasteiger partial charge in [-0.15, -0.1) is 0 Å². The van der Waals surface area contributed by atoms with E-state index in [0.29, 0.717) is 52.8 Å². The lowest BCUT2D eigenvalue weighted by Gasteiger charge is -2.27. The highest BCUT2D eigenvalue weighted by molar-refractivity contribution is 8.26. The zero-order chi connectivity index (χ0) is 21.7. The van der Waals surface area contributed by atoms with Crippen LogP contribution >= 0.6 is 24.0 Å². The Balaban J connectivity index is 1.72. The second kappa shape index (κ2) is 10.1. The molecular formula is C20H24N2O6S2. The molecule has 162 valence electrons. The van der Waals surface area contributed by atoms with Crippen LogP contribution in [0.2, 0.25) is 0 Å². The molecule has 0 atom stereocenters. The first kappa shape index (κ1) is 22.4. The third kappa shape index (κ3) is 4.88. The molecule has 3 rings (SSSR count). The van der Waals surface area contributed by atoms with E-state index in [1.54, 1.807) is 23.1 Å². The summed E-state index contributed by atoms with van der Waals surface area (Å²) in [5, 5.41) is 0. The predicted molar refractivity (Wildman–Crippen MR) is 118 cm³/mol. The van der Waals surface area contributed by atoms with E-state index in [4.69, 9.17) is 31.2 Å². The van der Waals surface area contributed by atoms with E-state index in [2.05, 4.69) is 0 Å². The third-order valence-electron chi connectivity index (χ3n) is 4.77. The van der Waals surface area contributed by atoms with Crippen LogP contribution in [0.1, 0.15) is 12.0 Å². The molecule has 1 aromatic carbocycles. The predicted octanol–water partition coefficient (Wildman–Crippen LogP) is 2.16. The second-order valence-corrected chi connectivity index (χ2v) is 8.21. The fourth-order valence-electron chi connectivity index (χ4n) is 3.21. The average Bonchev–Trinajstić information content (AvgIpc) is 3.04. The van der Waals surface area contributed by atoms with Crippen molar-refractivity contribution in [1.82, 2.24) is 9.80 Å². The minimum Gasteiger partial charge on any atom is -0.493 e. The van der Waals surface area contributed by atoms with Gasteiger partial charge in [-0.2, -0.15) is 0 Å². The van der Waals surface area contributed by atoms with Gasteiger partial charge < -0.3 is 23.8 Å². The summed E-state index contributed by atoms with van der Waals surface area (Å²) in [6.07, 6.45) is 1.96. The standard InChI is InChI=1S/C20H24N2O6S2/c1-25-14-10-13(11-15(26-2)18(14)27-3)12-16-19(24)22(20(29)30-16)5-4-17(23)21-6-8-28-9-7-21/h10-12H,4-9H2,1-3H3/b16-12-. The van der Waals surface area contributed by atoms with Gasteiger partial charge in [0.05, 0.1) is 39.4 Å². The van der Waals surface area contributed by atoms with Crippen LogP contribution in [0, 0.1) is 0 Å². The van der Waals surface area contributed by atoms with Gasteiger partial charge in [-0.3, -0.25) is 14.5 Å². The number of thioether (sulfide) groups is 1. The van der Waals surface area contributed by atoms with Crippen molar-refractivity contribution in [3.8, 4) is 17.2 Å². The normalized spacial score (nSPS) is 18.2. The quantitative estimate of drug-likeness (QED) is 0.460. The lowest BCUT2D eigenvalue weighted by Crippen LogP contribution is -2.42. The van der Waals surface area contributed by atoms with Crippen molar-refractivity contribution in [2.45, 2.75) is 6.42 Å². The van der Waals surface area contributed by atoms with E-state index < -0.39 is 0 Å². The van der Waals surface area contributed by atoms with E-state index in [1.165, 1.54) is 38.0 Å². The number of amides is 2. The monoisotopic (exact) mass is 452 g/mol. The number of morpholine rings is 1. The summed E-state index contributed by atoms with van der Waals surface area (Å²) in [6.45, 7) is 2.51. The van der Waals surface area contributed by atoms with Crippen LogP contribution in [0.5, 0.6) is 17.2 Å². The topological polar surface area (TPSA) is 77.5 Å². The molecule has 30 heavy (non-hydrogen) atoms. The molecule has 0 aromatic heterocycles. The Morgan fingerprint density at radius 1 is 1.17 bits per heavy atom. The van der Waals surface area contributed by atoms with Crippen molar-refractivity contribution < 1.29 is 28.5 Å². The molecule has 0 spiro atoms. The number of hydrogen-bond donors (Lipinski definition) is 0. The Labute approximate surface area is 185 Å². The highest BCUT2D eigenvalue weighted by Crippen LogP contribution is 2.40. The lowest BCUT2D eigenvalue weighted by molar-refractivity contribution is -0.135. The Morgan fingerprint density at radius 3 is 2.37 bits per heavy atom. The second-order valence-electron chi connectivity index (χ2n) is 6.54. The minimum atomic E-state index is -0.214. The molecule has 0 unspecified atom stereocenters. The van der Waals surface area contributed by atoms with Crippen LogP contribution in [0.4, 0.5) is 0 Å². The van der Waals surface area contributed by atoms with Gasteiger partial charge in [0.2, 0.25) is 11.7 Å². The van der Waals surface area contributed by atoms with Crippen molar-refractivity contribution in [3.63, 3.8) is 0 Å². The average molecular weight is 453 g/mol. The summed E-state index contributed by atoms with van der Waals surface area (Å²) in [6, 6.07) is 3.52. The van der Waals surface area contributed by atoms with Crippen molar-refractivity contribution in [3.05, 3.63) is 22.6 Å². The van der Waals surface area contributed by atoms with Crippen LogP contribution in [0.15, 0.2) is 17.0 Å². The molecule has 0 N–H and O–H groups in total. The number of thiocarbonyl (C=S) groups is 1. The summed E-state index contributed by atoms with van der Waals surface area (Å²) in [4.78, 5) is 28.9. The first-order chi connectivity index (χ1) is 14.5. The van der Waals surface area contributed by atoms with E-state index in [0.717, 1.165) is 5.56 Å². The number of carbonyl (C=O) groups is 2. The third-order valence-corrected chi connectivity index (χ3v) is 6.15. The van der Waals surface area contributed by atoms with Crippen LogP contribution in [-0.4, -0.2) is 80.1 Å². The van der Waals surface area contributed by atoms with Gasteiger partial charge in [0, 0.05) is 26.1 Å². The van der Waals surface area contributed by atoms with Crippen molar-refractivity contribution >= 4 is 46.2 Å². The van der Waals surface area contributed by atoms with Crippen molar-refractivity contribution in [2.75, 3.05) is 54.2 Å². The Morgan fingerprint density at radius 2 is 1.80 bits per heavy atom.